The third-order valence-electron chi connectivity index (χ3n) is 3.40. The van der Waals surface area contributed by atoms with Crippen LogP contribution < -0.4 is 5.32 Å². The number of nitrogens with one attached hydrogen (secondary N) is 1. The molecule has 1 saturated carbocycles. The van der Waals surface area contributed by atoms with Crippen molar-refractivity contribution in [3.63, 3.8) is 0 Å². The van der Waals surface area contributed by atoms with Gasteiger partial charge in [-0.3, -0.25) is 0 Å². The summed E-state index contributed by atoms with van der Waals surface area (Å²) in [6.45, 7) is 1.51. The molecule has 1 aromatic heterocycles. The Bertz CT molecular complexity index is 315. The van der Waals surface area contributed by atoms with Crippen molar-refractivity contribution in [3.8, 4) is 0 Å². The third-order valence-corrected chi connectivity index (χ3v) is 4.37. The number of thiophene rings is 1. The molecule has 3 atom stereocenters. The fraction of sp³-hybridized carbons (Fsp3) is 0.692. The summed E-state index contributed by atoms with van der Waals surface area (Å²) >= 11 is 1.59. The number of hydrogen-bond acceptors (Lipinski definition) is 4. The van der Waals surface area contributed by atoms with Crippen molar-refractivity contribution in [1.29, 1.82) is 0 Å². The van der Waals surface area contributed by atoms with Crippen LogP contribution in [0, 0.1) is 5.92 Å². The molecule has 4 heteroatoms. The van der Waals surface area contributed by atoms with Gasteiger partial charge < -0.3 is 15.5 Å². The van der Waals surface area contributed by atoms with Gasteiger partial charge in [0.1, 0.15) is 6.10 Å². The van der Waals surface area contributed by atoms with Crippen LogP contribution in [0.4, 0.5) is 0 Å². The van der Waals surface area contributed by atoms with Crippen LogP contribution in [0.2, 0.25) is 0 Å². The quantitative estimate of drug-likeness (QED) is 0.753. The SMILES string of the molecule is OC1CCCC(CNCC(O)c2cccs2)C1. The van der Waals surface area contributed by atoms with E-state index in [-0.39, 0.29) is 6.10 Å². The minimum atomic E-state index is -0.400. The highest BCUT2D eigenvalue weighted by Crippen LogP contribution is 2.24. The Kier molecular flexibility index (Phi) is 4.98. The van der Waals surface area contributed by atoms with Gasteiger partial charge in [-0.2, -0.15) is 0 Å². The lowest BCUT2D eigenvalue weighted by molar-refractivity contribution is 0.0984. The molecule has 0 spiro atoms. The van der Waals surface area contributed by atoms with E-state index in [9.17, 15) is 10.2 Å². The van der Waals surface area contributed by atoms with Gasteiger partial charge in [0, 0.05) is 11.4 Å². The first-order valence-corrected chi connectivity index (χ1v) is 7.24. The van der Waals surface area contributed by atoms with Crippen molar-refractivity contribution in [3.05, 3.63) is 22.4 Å². The maximum Gasteiger partial charge on any atom is 0.101 e. The van der Waals surface area contributed by atoms with E-state index in [0.29, 0.717) is 12.5 Å². The lowest BCUT2D eigenvalue weighted by atomic mass is 9.87. The molecule has 1 aliphatic carbocycles. The normalized spacial score (nSPS) is 26.9. The molecule has 0 amide bonds. The van der Waals surface area contributed by atoms with Gasteiger partial charge in [-0.15, -0.1) is 11.3 Å². The Morgan fingerprint density at radius 3 is 3.06 bits per heavy atom. The van der Waals surface area contributed by atoms with Gasteiger partial charge in [0.2, 0.25) is 0 Å². The summed E-state index contributed by atoms with van der Waals surface area (Å²) in [5.74, 6) is 0.564. The van der Waals surface area contributed by atoms with Gasteiger partial charge >= 0.3 is 0 Å². The van der Waals surface area contributed by atoms with E-state index in [4.69, 9.17) is 0 Å². The molecule has 0 aromatic carbocycles. The molecular formula is C13H21NO2S. The smallest absolute Gasteiger partial charge is 0.101 e. The molecule has 0 saturated heterocycles. The van der Waals surface area contributed by atoms with Crippen LogP contribution >= 0.6 is 11.3 Å². The predicted octanol–water partition coefficient (Wildman–Crippen LogP) is 1.92. The average molecular weight is 255 g/mol. The highest BCUT2D eigenvalue weighted by atomic mass is 32.1. The molecule has 1 fully saturated rings. The average Bonchev–Trinajstić information content (AvgIpc) is 2.82. The molecule has 0 radical (unpaired) electrons. The van der Waals surface area contributed by atoms with Gasteiger partial charge in [0.05, 0.1) is 6.10 Å². The summed E-state index contributed by atoms with van der Waals surface area (Å²) in [7, 11) is 0. The van der Waals surface area contributed by atoms with Gasteiger partial charge in [-0.05, 0) is 43.2 Å². The fourth-order valence-corrected chi connectivity index (χ4v) is 3.17. The van der Waals surface area contributed by atoms with E-state index in [0.717, 1.165) is 30.7 Å². The van der Waals surface area contributed by atoms with Crippen molar-refractivity contribution in [2.75, 3.05) is 13.1 Å². The standard InChI is InChI=1S/C13H21NO2S/c15-11-4-1-3-10(7-11)8-14-9-12(16)13-5-2-6-17-13/h2,5-6,10-12,14-16H,1,3-4,7-9H2. The minimum Gasteiger partial charge on any atom is -0.393 e. The molecule has 1 aliphatic rings. The maximum atomic E-state index is 9.89. The summed E-state index contributed by atoms with van der Waals surface area (Å²) in [6, 6.07) is 3.92. The second-order valence-corrected chi connectivity index (χ2v) is 5.86. The highest BCUT2D eigenvalue weighted by molar-refractivity contribution is 7.10. The van der Waals surface area contributed by atoms with Gasteiger partial charge in [0.15, 0.2) is 0 Å². The molecule has 3 N–H and O–H groups in total. The molecule has 0 aliphatic heterocycles. The Morgan fingerprint density at radius 1 is 1.47 bits per heavy atom. The van der Waals surface area contributed by atoms with E-state index in [2.05, 4.69) is 5.32 Å². The largest absolute Gasteiger partial charge is 0.393 e. The Labute approximate surface area is 106 Å². The molecule has 3 unspecified atom stereocenters. The first-order chi connectivity index (χ1) is 8.25. The van der Waals surface area contributed by atoms with Gasteiger partial charge in [-0.1, -0.05) is 12.5 Å². The molecule has 17 heavy (non-hydrogen) atoms. The lowest BCUT2D eigenvalue weighted by Crippen LogP contribution is -2.31. The Morgan fingerprint density at radius 2 is 2.35 bits per heavy atom. The topological polar surface area (TPSA) is 52.5 Å². The zero-order valence-electron chi connectivity index (χ0n) is 10.0. The fourth-order valence-electron chi connectivity index (χ4n) is 2.45. The summed E-state index contributed by atoms with van der Waals surface area (Å²) in [5.41, 5.74) is 0. The van der Waals surface area contributed by atoms with Crippen molar-refractivity contribution in [2.45, 2.75) is 37.9 Å². The Hall–Kier alpha value is -0.420. The van der Waals surface area contributed by atoms with Crippen molar-refractivity contribution >= 4 is 11.3 Å². The molecule has 2 rings (SSSR count). The van der Waals surface area contributed by atoms with Crippen molar-refractivity contribution in [1.82, 2.24) is 5.32 Å². The van der Waals surface area contributed by atoms with Crippen LogP contribution in [0.3, 0.4) is 0 Å². The first kappa shape index (κ1) is 13.0. The van der Waals surface area contributed by atoms with Crippen LogP contribution in [0.25, 0.3) is 0 Å². The van der Waals surface area contributed by atoms with Crippen LogP contribution in [-0.2, 0) is 0 Å². The molecule has 0 bridgehead atoms. The maximum absolute atomic E-state index is 9.89. The molecule has 1 heterocycles. The van der Waals surface area contributed by atoms with Crippen LogP contribution in [0.15, 0.2) is 17.5 Å². The summed E-state index contributed by atoms with van der Waals surface area (Å²) in [4.78, 5) is 1.01. The minimum absolute atomic E-state index is 0.113. The Balaban J connectivity index is 1.65. The number of aliphatic hydroxyl groups is 2. The van der Waals surface area contributed by atoms with Gasteiger partial charge in [-0.25, -0.2) is 0 Å². The van der Waals surface area contributed by atoms with Crippen molar-refractivity contribution in [2.24, 2.45) is 5.92 Å². The molecule has 1 aromatic rings. The van der Waals surface area contributed by atoms with E-state index >= 15 is 0 Å². The van der Waals surface area contributed by atoms with E-state index in [1.165, 1.54) is 6.42 Å². The second-order valence-electron chi connectivity index (χ2n) is 4.88. The summed E-state index contributed by atoms with van der Waals surface area (Å²) < 4.78 is 0. The lowest BCUT2D eigenvalue weighted by Gasteiger charge is -2.26. The van der Waals surface area contributed by atoms with E-state index in [1.54, 1.807) is 11.3 Å². The van der Waals surface area contributed by atoms with Crippen LogP contribution in [0.1, 0.15) is 36.7 Å². The second kappa shape index (κ2) is 6.50. The summed E-state index contributed by atoms with van der Waals surface area (Å²) in [6.07, 6.45) is 3.66. The number of rotatable bonds is 5. The zero-order chi connectivity index (χ0) is 12.1. The molecular weight excluding hydrogens is 234 g/mol. The van der Waals surface area contributed by atoms with E-state index in [1.807, 2.05) is 17.5 Å². The third kappa shape index (κ3) is 4.07. The van der Waals surface area contributed by atoms with Gasteiger partial charge in [0.25, 0.3) is 0 Å². The molecule has 96 valence electrons. The monoisotopic (exact) mass is 255 g/mol. The highest BCUT2D eigenvalue weighted by Gasteiger charge is 2.20. The zero-order valence-corrected chi connectivity index (χ0v) is 10.8. The van der Waals surface area contributed by atoms with Crippen LogP contribution in [-0.4, -0.2) is 29.4 Å². The molecule has 3 nitrogen and oxygen atoms in total. The van der Waals surface area contributed by atoms with Crippen LogP contribution in [0.5, 0.6) is 0 Å². The number of aliphatic hydroxyl groups excluding tert-OH is 2. The predicted molar refractivity (Wildman–Crippen MR) is 70.1 cm³/mol. The van der Waals surface area contributed by atoms with E-state index < -0.39 is 6.10 Å². The summed E-state index contributed by atoms with van der Waals surface area (Å²) in [5, 5.41) is 24.7. The number of hydrogen-bond donors (Lipinski definition) is 3. The van der Waals surface area contributed by atoms with Crippen molar-refractivity contribution < 1.29 is 10.2 Å². The first-order valence-electron chi connectivity index (χ1n) is 6.36.